The summed E-state index contributed by atoms with van der Waals surface area (Å²) in [6.45, 7) is -2.06. The van der Waals surface area contributed by atoms with Crippen LogP contribution in [-0.4, -0.2) is 43.7 Å². The van der Waals surface area contributed by atoms with Crippen molar-refractivity contribution in [2.45, 2.75) is 56.7 Å². The number of nitrogens with zero attached hydrogens (tertiary/aromatic N) is 1. The lowest BCUT2D eigenvalue weighted by atomic mass is 9.68. The van der Waals surface area contributed by atoms with Crippen molar-refractivity contribution >= 4 is 5.91 Å². The number of hydrogen-bond acceptors (Lipinski definition) is 3. The Kier molecular flexibility index (Phi) is 5.57. The van der Waals surface area contributed by atoms with Gasteiger partial charge in [0.1, 0.15) is 5.75 Å². The molecule has 0 bridgehead atoms. The van der Waals surface area contributed by atoms with Gasteiger partial charge in [0.05, 0.1) is 18.6 Å². The maximum atomic E-state index is 13.4. The van der Waals surface area contributed by atoms with Gasteiger partial charge < -0.3 is 14.4 Å². The highest BCUT2D eigenvalue weighted by molar-refractivity contribution is 5.88. The first kappa shape index (κ1) is 18.1. The molecule has 0 N–H and O–H groups in total. The van der Waals surface area contributed by atoms with Crippen LogP contribution in [0.2, 0.25) is 0 Å². The zero-order valence-electron chi connectivity index (χ0n) is 14.5. The first-order valence-corrected chi connectivity index (χ1v) is 8.93. The van der Waals surface area contributed by atoms with Gasteiger partial charge in [-0.1, -0.05) is 31.4 Å². The summed E-state index contributed by atoms with van der Waals surface area (Å²) in [7, 11) is 1.61. The fraction of sp³-hybridized carbons (Fsp3) is 0.632. The zero-order chi connectivity index (χ0) is 17.9. The van der Waals surface area contributed by atoms with Crippen molar-refractivity contribution in [3.05, 3.63) is 29.8 Å². The van der Waals surface area contributed by atoms with E-state index in [9.17, 15) is 13.6 Å². The van der Waals surface area contributed by atoms with Gasteiger partial charge in [-0.15, -0.1) is 0 Å². The number of methoxy groups -OCH3 is 1. The molecular weight excluding hydrogens is 328 g/mol. The lowest BCUT2D eigenvalue weighted by Gasteiger charge is -2.39. The van der Waals surface area contributed by atoms with E-state index in [0.29, 0.717) is 13.0 Å². The molecule has 1 saturated carbocycles. The minimum atomic E-state index is -2.79. The molecule has 25 heavy (non-hydrogen) atoms. The van der Waals surface area contributed by atoms with E-state index < -0.39 is 18.1 Å². The average molecular weight is 353 g/mol. The fourth-order valence-electron chi connectivity index (χ4n) is 4.16. The Morgan fingerprint density at radius 3 is 2.48 bits per heavy atom. The number of halogens is 2. The number of carbonyl (C=O) groups is 1. The van der Waals surface area contributed by atoms with E-state index >= 15 is 0 Å². The number of amides is 1. The van der Waals surface area contributed by atoms with E-state index in [2.05, 4.69) is 4.74 Å². The predicted molar refractivity (Wildman–Crippen MR) is 89.8 cm³/mol. The first-order chi connectivity index (χ1) is 12.0. The second-order valence-corrected chi connectivity index (χ2v) is 6.93. The summed E-state index contributed by atoms with van der Waals surface area (Å²) in [5.74, 6) is 0.812. The van der Waals surface area contributed by atoms with Crippen molar-refractivity contribution in [2.75, 3.05) is 20.2 Å². The topological polar surface area (TPSA) is 38.8 Å². The monoisotopic (exact) mass is 353 g/mol. The molecule has 1 aromatic carbocycles. The Morgan fingerprint density at radius 1 is 1.20 bits per heavy atom. The molecule has 4 nitrogen and oxygen atoms in total. The van der Waals surface area contributed by atoms with Crippen molar-refractivity contribution in [1.82, 2.24) is 4.90 Å². The Hall–Kier alpha value is -1.69. The lowest BCUT2D eigenvalue weighted by Crippen LogP contribution is -2.47. The molecule has 3 rings (SSSR count). The SMILES string of the molecule is COc1ccc(C2(C(=O)N3CC[C@H](OC(F)F)C3)CCCCC2)cc1. The Labute approximate surface area is 147 Å². The summed E-state index contributed by atoms with van der Waals surface area (Å²) < 4.78 is 34.7. The fourth-order valence-corrected chi connectivity index (χ4v) is 4.16. The van der Waals surface area contributed by atoms with Gasteiger partial charge in [-0.05, 0) is 37.0 Å². The summed E-state index contributed by atoms with van der Waals surface area (Å²) in [5, 5.41) is 0. The van der Waals surface area contributed by atoms with E-state index in [1.54, 1.807) is 12.0 Å². The molecule has 0 spiro atoms. The molecular formula is C19H25F2NO3. The third kappa shape index (κ3) is 3.78. The summed E-state index contributed by atoms with van der Waals surface area (Å²) in [4.78, 5) is 15.1. The van der Waals surface area contributed by atoms with Gasteiger partial charge >= 0.3 is 6.61 Å². The van der Waals surface area contributed by atoms with Gasteiger partial charge in [0.2, 0.25) is 5.91 Å². The lowest BCUT2D eigenvalue weighted by molar-refractivity contribution is -0.161. The van der Waals surface area contributed by atoms with Gasteiger partial charge in [-0.25, -0.2) is 0 Å². The van der Waals surface area contributed by atoms with Crippen molar-refractivity contribution < 1.29 is 23.0 Å². The summed E-state index contributed by atoms with van der Waals surface area (Å²) in [6, 6.07) is 7.69. The Morgan fingerprint density at radius 2 is 1.88 bits per heavy atom. The van der Waals surface area contributed by atoms with Crippen LogP contribution in [0.5, 0.6) is 5.75 Å². The molecule has 1 amide bonds. The quantitative estimate of drug-likeness (QED) is 0.809. The summed E-state index contributed by atoms with van der Waals surface area (Å²) >= 11 is 0. The van der Waals surface area contributed by atoms with E-state index in [4.69, 9.17) is 4.74 Å². The Bertz CT molecular complexity index is 585. The number of likely N-dealkylation sites (tertiary alicyclic amines) is 1. The molecule has 1 atom stereocenters. The van der Waals surface area contributed by atoms with Crippen molar-refractivity contribution in [3.8, 4) is 5.75 Å². The first-order valence-electron chi connectivity index (χ1n) is 8.93. The number of ether oxygens (including phenoxy) is 2. The zero-order valence-corrected chi connectivity index (χ0v) is 14.5. The number of rotatable bonds is 5. The number of carbonyl (C=O) groups excluding carboxylic acids is 1. The van der Waals surface area contributed by atoms with E-state index in [-0.39, 0.29) is 12.5 Å². The van der Waals surface area contributed by atoms with Crippen molar-refractivity contribution in [1.29, 1.82) is 0 Å². The number of hydrogen-bond donors (Lipinski definition) is 0. The number of benzene rings is 1. The second-order valence-electron chi connectivity index (χ2n) is 6.93. The van der Waals surface area contributed by atoms with Gasteiger partial charge in [0.15, 0.2) is 0 Å². The molecule has 0 aromatic heterocycles. The predicted octanol–water partition coefficient (Wildman–Crippen LogP) is 3.74. The Balaban J connectivity index is 1.81. The molecule has 1 aliphatic carbocycles. The molecule has 1 aliphatic heterocycles. The standard InChI is InChI=1S/C19H25F2NO3/c1-24-15-7-5-14(6-8-15)19(10-3-2-4-11-19)17(23)22-12-9-16(13-22)25-18(20)21/h5-8,16,18H,2-4,9-13H2,1H3/t16-/m0/s1. The van der Waals surface area contributed by atoms with Crippen LogP contribution in [0.25, 0.3) is 0 Å². The second kappa shape index (κ2) is 7.68. The molecule has 0 radical (unpaired) electrons. The van der Waals surface area contributed by atoms with Crippen LogP contribution in [0.15, 0.2) is 24.3 Å². The van der Waals surface area contributed by atoms with E-state index in [1.807, 2.05) is 24.3 Å². The average Bonchev–Trinajstić information content (AvgIpc) is 3.09. The molecule has 0 unspecified atom stereocenters. The van der Waals surface area contributed by atoms with Crippen LogP contribution >= 0.6 is 0 Å². The minimum Gasteiger partial charge on any atom is -0.497 e. The molecule has 1 saturated heterocycles. The highest BCUT2D eigenvalue weighted by Crippen LogP contribution is 2.42. The largest absolute Gasteiger partial charge is 0.497 e. The van der Waals surface area contributed by atoms with E-state index in [1.165, 1.54) is 0 Å². The van der Waals surface area contributed by atoms with Crippen LogP contribution in [0.1, 0.15) is 44.1 Å². The van der Waals surface area contributed by atoms with Crippen LogP contribution in [0, 0.1) is 0 Å². The van der Waals surface area contributed by atoms with Gasteiger partial charge in [0.25, 0.3) is 0 Å². The van der Waals surface area contributed by atoms with Crippen LogP contribution in [0.4, 0.5) is 8.78 Å². The summed E-state index contributed by atoms with van der Waals surface area (Å²) in [5.41, 5.74) is 0.445. The third-order valence-electron chi connectivity index (χ3n) is 5.49. The van der Waals surface area contributed by atoms with Crippen LogP contribution < -0.4 is 4.74 Å². The van der Waals surface area contributed by atoms with Gasteiger partial charge in [-0.3, -0.25) is 4.79 Å². The molecule has 2 aliphatic rings. The minimum absolute atomic E-state index is 0.0535. The van der Waals surface area contributed by atoms with Gasteiger partial charge in [-0.2, -0.15) is 8.78 Å². The number of alkyl halides is 2. The van der Waals surface area contributed by atoms with Crippen LogP contribution in [0.3, 0.4) is 0 Å². The van der Waals surface area contributed by atoms with E-state index in [0.717, 1.165) is 43.4 Å². The van der Waals surface area contributed by atoms with Crippen molar-refractivity contribution in [2.24, 2.45) is 0 Å². The summed E-state index contributed by atoms with van der Waals surface area (Å²) in [6.07, 6.45) is 4.63. The van der Waals surface area contributed by atoms with Crippen molar-refractivity contribution in [3.63, 3.8) is 0 Å². The molecule has 1 aromatic rings. The maximum Gasteiger partial charge on any atom is 0.345 e. The normalized spacial score (nSPS) is 23.0. The third-order valence-corrected chi connectivity index (χ3v) is 5.49. The molecule has 6 heteroatoms. The highest BCUT2D eigenvalue weighted by atomic mass is 19.3. The maximum absolute atomic E-state index is 13.4. The van der Waals surface area contributed by atoms with Gasteiger partial charge in [0, 0.05) is 13.1 Å². The smallest absolute Gasteiger partial charge is 0.345 e. The molecule has 2 fully saturated rings. The molecule has 138 valence electrons. The van der Waals surface area contributed by atoms with Crippen LogP contribution in [-0.2, 0) is 14.9 Å². The highest BCUT2D eigenvalue weighted by Gasteiger charge is 2.45. The molecule has 1 heterocycles.